The van der Waals surface area contributed by atoms with Crippen molar-refractivity contribution in [2.24, 2.45) is 0 Å². The number of aliphatic hydroxyl groups is 1. The van der Waals surface area contributed by atoms with Crippen LogP contribution in [-0.2, 0) is 9.84 Å². The van der Waals surface area contributed by atoms with E-state index in [0.717, 1.165) is 6.42 Å². The molecular weight excluding hydrogens is 278 g/mol. The van der Waals surface area contributed by atoms with Gasteiger partial charge in [-0.05, 0) is 18.6 Å². The molecular formula is C14H21NO4S. The van der Waals surface area contributed by atoms with Crippen molar-refractivity contribution in [2.75, 3.05) is 12.3 Å². The fraction of sp³-hybridized carbons (Fsp3) is 0.500. The quantitative estimate of drug-likeness (QED) is 0.796. The molecule has 0 saturated carbocycles. The maximum absolute atomic E-state index is 12.1. The van der Waals surface area contributed by atoms with Crippen LogP contribution in [0.1, 0.15) is 37.0 Å². The van der Waals surface area contributed by atoms with Crippen LogP contribution in [0.4, 0.5) is 0 Å². The minimum atomic E-state index is -3.45. The highest BCUT2D eigenvalue weighted by molar-refractivity contribution is 7.91. The molecule has 1 rings (SSSR count). The second kappa shape index (κ2) is 7.40. The van der Waals surface area contributed by atoms with Crippen LogP contribution in [0.2, 0.25) is 0 Å². The summed E-state index contributed by atoms with van der Waals surface area (Å²) in [6, 6.07) is 6.11. The Bertz CT molecular complexity index is 554. The van der Waals surface area contributed by atoms with E-state index in [0.29, 0.717) is 6.42 Å². The third kappa shape index (κ3) is 4.31. The average molecular weight is 299 g/mol. The number of sulfone groups is 1. The number of carbonyl (C=O) groups is 1. The fourth-order valence-electron chi connectivity index (χ4n) is 1.82. The minimum absolute atomic E-state index is 0.0324. The predicted molar refractivity (Wildman–Crippen MR) is 77.4 cm³/mol. The maximum atomic E-state index is 12.1. The smallest absolute Gasteiger partial charge is 0.252 e. The van der Waals surface area contributed by atoms with Crippen molar-refractivity contribution in [1.82, 2.24) is 5.32 Å². The molecule has 6 heteroatoms. The summed E-state index contributed by atoms with van der Waals surface area (Å²) in [7, 11) is -3.45. The van der Waals surface area contributed by atoms with E-state index >= 15 is 0 Å². The van der Waals surface area contributed by atoms with Crippen LogP contribution in [0.5, 0.6) is 0 Å². The summed E-state index contributed by atoms with van der Waals surface area (Å²) in [5.41, 5.74) is 0.123. The van der Waals surface area contributed by atoms with Gasteiger partial charge in [-0.3, -0.25) is 4.79 Å². The predicted octanol–water partition coefficient (Wildman–Crippen LogP) is 1.37. The Hall–Kier alpha value is -1.40. The molecule has 0 bridgehead atoms. The molecule has 0 heterocycles. The molecule has 1 amide bonds. The molecule has 5 nitrogen and oxygen atoms in total. The zero-order valence-electron chi connectivity index (χ0n) is 11.8. The third-order valence-corrected chi connectivity index (χ3v) is 4.75. The monoisotopic (exact) mass is 299 g/mol. The highest BCUT2D eigenvalue weighted by atomic mass is 32.2. The Morgan fingerprint density at radius 1 is 1.30 bits per heavy atom. The maximum Gasteiger partial charge on any atom is 0.252 e. The molecule has 20 heavy (non-hydrogen) atoms. The van der Waals surface area contributed by atoms with E-state index < -0.39 is 21.8 Å². The van der Waals surface area contributed by atoms with E-state index in [1.807, 2.05) is 6.92 Å². The molecule has 0 aliphatic carbocycles. The van der Waals surface area contributed by atoms with E-state index in [9.17, 15) is 18.3 Å². The summed E-state index contributed by atoms with van der Waals surface area (Å²) in [4.78, 5) is 12.1. The Morgan fingerprint density at radius 2 is 1.95 bits per heavy atom. The van der Waals surface area contributed by atoms with E-state index in [1.54, 1.807) is 12.1 Å². The molecule has 2 N–H and O–H groups in total. The lowest BCUT2D eigenvalue weighted by atomic mass is 10.2. The fourth-order valence-corrected chi connectivity index (χ4v) is 2.91. The van der Waals surface area contributed by atoms with Gasteiger partial charge in [-0.2, -0.15) is 0 Å². The molecule has 0 aliphatic rings. The van der Waals surface area contributed by atoms with Crippen molar-refractivity contribution in [3.8, 4) is 0 Å². The van der Waals surface area contributed by atoms with Crippen molar-refractivity contribution >= 4 is 15.7 Å². The lowest BCUT2D eigenvalue weighted by molar-refractivity contribution is 0.0907. The molecule has 0 saturated heterocycles. The van der Waals surface area contributed by atoms with E-state index in [-0.39, 0.29) is 22.8 Å². The highest BCUT2D eigenvalue weighted by Crippen LogP contribution is 2.16. The first-order chi connectivity index (χ1) is 9.42. The number of rotatable bonds is 7. The molecule has 0 fully saturated rings. The Balaban J connectivity index is 2.89. The number of hydrogen-bond donors (Lipinski definition) is 2. The van der Waals surface area contributed by atoms with Crippen LogP contribution in [0.25, 0.3) is 0 Å². The first-order valence-corrected chi connectivity index (χ1v) is 8.35. The number of benzene rings is 1. The molecule has 0 spiro atoms. The van der Waals surface area contributed by atoms with Crippen molar-refractivity contribution < 1.29 is 18.3 Å². The third-order valence-electron chi connectivity index (χ3n) is 2.97. The van der Waals surface area contributed by atoms with Crippen LogP contribution in [-0.4, -0.2) is 37.8 Å². The van der Waals surface area contributed by atoms with Crippen molar-refractivity contribution in [3.05, 3.63) is 29.8 Å². The average Bonchev–Trinajstić information content (AvgIpc) is 2.45. The van der Waals surface area contributed by atoms with Gasteiger partial charge in [0, 0.05) is 6.54 Å². The number of hydrogen-bond acceptors (Lipinski definition) is 4. The normalized spacial score (nSPS) is 12.9. The van der Waals surface area contributed by atoms with Gasteiger partial charge in [-0.15, -0.1) is 0 Å². The highest BCUT2D eigenvalue weighted by Gasteiger charge is 2.20. The summed E-state index contributed by atoms with van der Waals surface area (Å²) < 4.78 is 23.9. The Labute approximate surface area is 119 Å². The summed E-state index contributed by atoms with van der Waals surface area (Å²) >= 11 is 0. The van der Waals surface area contributed by atoms with Crippen LogP contribution >= 0.6 is 0 Å². The van der Waals surface area contributed by atoms with Gasteiger partial charge in [0.25, 0.3) is 5.91 Å². The van der Waals surface area contributed by atoms with Gasteiger partial charge < -0.3 is 10.4 Å². The first kappa shape index (κ1) is 16.7. The van der Waals surface area contributed by atoms with Gasteiger partial charge in [0.05, 0.1) is 22.3 Å². The van der Waals surface area contributed by atoms with Crippen LogP contribution < -0.4 is 5.32 Å². The molecule has 0 aromatic heterocycles. The van der Waals surface area contributed by atoms with E-state index in [1.165, 1.54) is 19.1 Å². The van der Waals surface area contributed by atoms with E-state index in [2.05, 4.69) is 5.32 Å². The molecule has 1 unspecified atom stereocenters. The van der Waals surface area contributed by atoms with E-state index in [4.69, 9.17) is 0 Å². The minimum Gasteiger partial charge on any atom is -0.391 e. The van der Waals surface area contributed by atoms with Gasteiger partial charge in [0.15, 0.2) is 9.84 Å². The second-order valence-corrected chi connectivity index (χ2v) is 6.80. The standard InChI is InChI=1S/C14H21NO4S/c1-3-7-11(16)10-15-14(17)12-8-5-6-9-13(12)20(18,19)4-2/h5-6,8-9,11,16H,3-4,7,10H2,1-2H3,(H,15,17). The molecule has 112 valence electrons. The summed E-state index contributed by atoms with van der Waals surface area (Å²) in [6.45, 7) is 3.59. The SMILES string of the molecule is CCCC(O)CNC(=O)c1ccccc1S(=O)(=O)CC. The van der Waals surface area contributed by atoms with Crippen LogP contribution in [0.15, 0.2) is 29.2 Å². The summed E-state index contributed by atoms with van der Waals surface area (Å²) in [5, 5.41) is 12.2. The second-order valence-electron chi connectivity index (χ2n) is 4.55. The first-order valence-electron chi connectivity index (χ1n) is 6.70. The largest absolute Gasteiger partial charge is 0.391 e. The zero-order valence-corrected chi connectivity index (χ0v) is 12.6. The van der Waals surface area contributed by atoms with Gasteiger partial charge in [-0.1, -0.05) is 32.4 Å². The molecule has 0 aliphatic heterocycles. The van der Waals surface area contributed by atoms with Gasteiger partial charge in [-0.25, -0.2) is 8.42 Å². The summed E-state index contributed by atoms with van der Waals surface area (Å²) in [5.74, 6) is -0.539. The molecule has 1 aromatic carbocycles. The van der Waals surface area contributed by atoms with Gasteiger partial charge in [0.2, 0.25) is 0 Å². The summed E-state index contributed by atoms with van der Waals surface area (Å²) in [6.07, 6.45) is 0.798. The lowest BCUT2D eigenvalue weighted by Crippen LogP contribution is -2.32. The lowest BCUT2D eigenvalue weighted by Gasteiger charge is -2.12. The van der Waals surface area contributed by atoms with Crippen molar-refractivity contribution in [3.63, 3.8) is 0 Å². The zero-order chi connectivity index (χ0) is 15.2. The molecule has 0 radical (unpaired) electrons. The topological polar surface area (TPSA) is 83.5 Å². The van der Waals surface area contributed by atoms with Crippen molar-refractivity contribution in [2.45, 2.75) is 37.7 Å². The Morgan fingerprint density at radius 3 is 2.55 bits per heavy atom. The number of carbonyl (C=O) groups excluding carboxylic acids is 1. The van der Waals surface area contributed by atoms with Crippen LogP contribution in [0.3, 0.4) is 0 Å². The molecule has 1 aromatic rings. The van der Waals surface area contributed by atoms with Crippen molar-refractivity contribution in [1.29, 1.82) is 0 Å². The Kier molecular flexibility index (Phi) is 6.16. The number of nitrogens with one attached hydrogen (secondary N) is 1. The number of aliphatic hydroxyl groups excluding tert-OH is 1. The number of amides is 1. The molecule has 1 atom stereocenters. The van der Waals surface area contributed by atoms with Crippen LogP contribution in [0, 0.1) is 0 Å². The van der Waals surface area contributed by atoms with Gasteiger partial charge in [0.1, 0.15) is 0 Å². The van der Waals surface area contributed by atoms with Gasteiger partial charge >= 0.3 is 0 Å².